The average molecular weight is 298 g/mol. The summed E-state index contributed by atoms with van der Waals surface area (Å²) in [6.07, 6.45) is 10.7. The molecule has 0 saturated heterocycles. The molecule has 0 amide bonds. The van der Waals surface area contributed by atoms with Gasteiger partial charge in [-0.15, -0.1) is 0 Å². The van der Waals surface area contributed by atoms with E-state index in [2.05, 4.69) is 10.3 Å². The topological polar surface area (TPSA) is 72.9 Å². The molecule has 0 atom stereocenters. The second-order valence-corrected chi connectivity index (χ2v) is 4.52. The SMILES string of the molecule is O/N=C\c1cccc[n+]1C/C=C/C[n+]1ccccc1/C=N/O. The number of aromatic nitrogens is 2. The van der Waals surface area contributed by atoms with Crippen LogP contribution in [0.3, 0.4) is 0 Å². The normalized spacial score (nSPS) is 11.8. The molecule has 6 heteroatoms. The molecule has 112 valence electrons. The van der Waals surface area contributed by atoms with Gasteiger partial charge in [-0.2, -0.15) is 9.13 Å². The van der Waals surface area contributed by atoms with Gasteiger partial charge in [-0.25, -0.2) is 0 Å². The molecule has 2 N–H and O–H groups in total. The van der Waals surface area contributed by atoms with Gasteiger partial charge in [-0.05, 0) is 24.3 Å². The highest BCUT2D eigenvalue weighted by atomic mass is 16.4. The van der Waals surface area contributed by atoms with Gasteiger partial charge in [0.05, 0.1) is 0 Å². The number of pyridine rings is 2. The Labute approximate surface area is 128 Å². The zero-order valence-corrected chi connectivity index (χ0v) is 12.0. The van der Waals surface area contributed by atoms with Crippen molar-refractivity contribution in [3.05, 3.63) is 72.3 Å². The van der Waals surface area contributed by atoms with Gasteiger partial charge < -0.3 is 10.4 Å². The third-order valence-corrected chi connectivity index (χ3v) is 3.10. The minimum absolute atomic E-state index is 0.666. The molecular formula is C16H18N4O2+2. The Balaban J connectivity index is 2.03. The van der Waals surface area contributed by atoms with Gasteiger partial charge in [-0.1, -0.05) is 10.3 Å². The molecule has 2 heterocycles. The van der Waals surface area contributed by atoms with Crippen molar-refractivity contribution in [2.45, 2.75) is 13.1 Å². The molecule has 0 fully saturated rings. The minimum Gasteiger partial charge on any atom is -0.411 e. The van der Waals surface area contributed by atoms with Crippen molar-refractivity contribution in [1.82, 2.24) is 0 Å². The molecule has 0 bridgehead atoms. The van der Waals surface area contributed by atoms with E-state index in [0.29, 0.717) is 13.1 Å². The second kappa shape index (κ2) is 8.31. The number of hydrogen-bond acceptors (Lipinski definition) is 4. The van der Waals surface area contributed by atoms with E-state index in [9.17, 15) is 0 Å². The summed E-state index contributed by atoms with van der Waals surface area (Å²) in [7, 11) is 0. The first kappa shape index (κ1) is 15.4. The van der Waals surface area contributed by atoms with E-state index in [-0.39, 0.29) is 0 Å². The summed E-state index contributed by atoms with van der Waals surface area (Å²) in [4.78, 5) is 0. The predicted molar refractivity (Wildman–Crippen MR) is 81.2 cm³/mol. The molecule has 0 aromatic carbocycles. The Morgan fingerprint density at radius 2 is 1.23 bits per heavy atom. The molecule has 0 aliphatic heterocycles. The molecule has 2 aromatic rings. The molecule has 0 spiro atoms. The third kappa shape index (κ3) is 4.24. The molecule has 2 aromatic heterocycles. The van der Waals surface area contributed by atoms with Crippen LogP contribution in [-0.4, -0.2) is 22.8 Å². The number of allylic oxidation sites excluding steroid dienone is 2. The number of nitrogens with zero attached hydrogens (tertiary/aromatic N) is 4. The van der Waals surface area contributed by atoms with E-state index in [1.165, 1.54) is 12.4 Å². The van der Waals surface area contributed by atoms with Crippen LogP contribution in [0.2, 0.25) is 0 Å². The molecular weight excluding hydrogens is 280 g/mol. The fourth-order valence-corrected chi connectivity index (χ4v) is 2.04. The van der Waals surface area contributed by atoms with Crippen molar-refractivity contribution in [3.63, 3.8) is 0 Å². The summed E-state index contributed by atoms with van der Waals surface area (Å²) in [6, 6.07) is 11.4. The highest BCUT2D eigenvalue weighted by Gasteiger charge is 2.06. The van der Waals surface area contributed by atoms with Crippen molar-refractivity contribution < 1.29 is 19.5 Å². The van der Waals surface area contributed by atoms with Crippen molar-refractivity contribution in [1.29, 1.82) is 0 Å². The number of oxime groups is 2. The summed E-state index contributed by atoms with van der Waals surface area (Å²) in [5, 5.41) is 23.4. The summed E-state index contributed by atoms with van der Waals surface area (Å²) >= 11 is 0. The average Bonchev–Trinajstić information content (AvgIpc) is 2.55. The van der Waals surface area contributed by atoms with E-state index in [1.807, 2.05) is 70.1 Å². The smallest absolute Gasteiger partial charge is 0.227 e. The molecule has 2 rings (SSSR count). The van der Waals surface area contributed by atoms with Crippen LogP contribution in [0.5, 0.6) is 0 Å². The van der Waals surface area contributed by atoms with Gasteiger partial charge in [0.25, 0.3) is 0 Å². The molecule has 0 saturated carbocycles. The first-order valence-corrected chi connectivity index (χ1v) is 6.82. The number of hydrogen-bond donors (Lipinski definition) is 2. The Morgan fingerprint density at radius 3 is 1.64 bits per heavy atom. The molecule has 0 unspecified atom stereocenters. The maximum absolute atomic E-state index is 8.65. The van der Waals surface area contributed by atoms with Crippen LogP contribution in [0.15, 0.2) is 71.3 Å². The van der Waals surface area contributed by atoms with Gasteiger partial charge in [0.2, 0.25) is 11.4 Å². The van der Waals surface area contributed by atoms with Crippen LogP contribution < -0.4 is 9.13 Å². The van der Waals surface area contributed by atoms with Gasteiger partial charge >= 0.3 is 0 Å². The van der Waals surface area contributed by atoms with Gasteiger partial charge in [-0.3, -0.25) is 0 Å². The van der Waals surface area contributed by atoms with Crippen molar-refractivity contribution >= 4 is 12.4 Å². The minimum atomic E-state index is 0.666. The zero-order valence-electron chi connectivity index (χ0n) is 12.0. The van der Waals surface area contributed by atoms with Crippen LogP contribution >= 0.6 is 0 Å². The lowest BCUT2D eigenvalue weighted by Gasteiger charge is -1.97. The Morgan fingerprint density at radius 1 is 0.773 bits per heavy atom. The van der Waals surface area contributed by atoms with E-state index >= 15 is 0 Å². The van der Waals surface area contributed by atoms with Crippen LogP contribution in [0.1, 0.15) is 11.4 Å². The van der Waals surface area contributed by atoms with E-state index in [0.717, 1.165) is 11.4 Å². The van der Waals surface area contributed by atoms with E-state index in [1.54, 1.807) is 0 Å². The Hall–Kier alpha value is -3.02. The van der Waals surface area contributed by atoms with Crippen molar-refractivity contribution in [3.8, 4) is 0 Å². The fraction of sp³-hybridized carbons (Fsp3) is 0.125. The second-order valence-electron chi connectivity index (χ2n) is 4.52. The zero-order chi connectivity index (χ0) is 15.6. The fourth-order valence-electron chi connectivity index (χ4n) is 2.04. The Bertz CT molecular complexity index is 637. The first-order chi connectivity index (χ1) is 10.8. The highest BCUT2D eigenvalue weighted by molar-refractivity contribution is 5.74. The van der Waals surface area contributed by atoms with Crippen LogP contribution in [0, 0.1) is 0 Å². The van der Waals surface area contributed by atoms with Crippen molar-refractivity contribution in [2.75, 3.05) is 0 Å². The van der Waals surface area contributed by atoms with Crippen LogP contribution in [0.4, 0.5) is 0 Å². The van der Waals surface area contributed by atoms with Gasteiger partial charge in [0.1, 0.15) is 12.4 Å². The van der Waals surface area contributed by atoms with Crippen molar-refractivity contribution in [2.24, 2.45) is 10.3 Å². The molecule has 22 heavy (non-hydrogen) atoms. The lowest BCUT2D eigenvalue weighted by Crippen LogP contribution is -2.38. The Kier molecular flexibility index (Phi) is 5.80. The first-order valence-electron chi connectivity index (χ1n) is 6.82. The lowest BCUT2D eigenvalue weighted by molar-refractivity contribution is -0.691. The largest absolute Gasteiger partial charge is 0.411 e. The molecule has 0 aliphatic rings. The van der Waals surface area contributed by atoms with Crippen LogP contribution in [0.25, 0.3) is 0 Å². The lowest BCUT2D eigenvalue weighted by atomic mass is 10.3. The summed E-state index contributed by atoms with van der Waals surface area (Å²) in [5.74, 6) is 0. The van der Waals surface area contributed by atoms with E-state index in [4.69, 9.17) is 10.4 Å². The number of rotatable bonds is 6. The molecule has 0 aliphatic carbocycles. The molecule has 0 radical (unpaired) electrons. The maximum atomic E-state index is 8.65. The van der Waals surface area contributed by atoms with Gasteiger partial charge in [0.15, 0.2) is 25.5 Å². The summed E-state index contributed by atoms with van der Waals surface area (Å²) in [5.41, 5.74) is 1.63. The summed E-state index contributed by atoms with van der Waals surface area (Å²) < 4.78 is 3.92. The van der Waals surface area contributed by atoms with E-state index < -0.39 is 0 Å². The quantitative estimate of drug-likeness (QED) is 0.276. The highest BCUT2D eigenvalue weighted by Crippen LogP contribution is 1.90. The van der Waals surface area contributed by atoms with Gasteiger partial charge in [0, 0.05) is 24.3 Å². The third-order valence-electron chi connectivity index (χ3n) is 3.10. The monoisotopic (exact) mass is 298 g/mol. The van der Waals surface area contributed by atoms with Crippen LogP contribution in [-0.2, 0) is 13.1 Å². The summed E-state index contributed by atoms with van der Waals surface area (Å²) in [6.45, 7) is 1.33. The predicted octanol–water partition coefficient (Wildman–Crippen LogP) is 1.13. The standard InChI is InChI=1S/C16H16N4O2/c21-17-13-15-7-1-3-9-19(15)11-5-6-12-20-10-4-2-8-16(20)14-18-22/h1-10,13-14H,11-12H2/p+2/b6-5+. The molecule has 6 nitrogen and oxygen atoms in total. The maximum Gasteiger partial charge on any atom is 0.227 e.